The van der Waals surface area contributed by atoms with E-state index < -0.39 is 0 Å². The van der Waals surface area contributed by atoms with Crippen LogP contribution in [0.25, 0.3) is 0 Å². The number of hydrogen-bond acceptors (Lipinski definition) is 3. The van der Waals surface area contributed by atoms with Crippen LogP contribution in [0.4, 0.5) is 0 Å². The van der Waals surface area contributed by atoms with Gasteiger partial charge in [0.1, 0.15) is 0 Å². The molecule has 0 aliphatic carbocycles. The molecule has 0 saturated heterocycles. The largest absolute Gasteiger partial charge is 0.469 e. The van der Waals surface area contributed by atoms with Gasteiger partial charge in [-0.2, -0.15) is 11.3 Å². The molecule has 11 heavy (non-hydrogen) atoms. The van der Waals surface area contributed by atoms with Gasteiger partial charge in [0.25, 0.3) is 0 Å². The summed E-state index contributed by atoms with van der Waals surface area (Å²) in [6.07, 6.45) is 0. The Balaban J connectivity index is 2.70. The molecule has 1 unspecified atom stereocenters. The third-order valence-corrected chi connectivity index (χ3v) is 2.30. The average Bonchev–Trinajstić information content (AvgIpc) is 2.53. The monoisotopic (exact) mass is 170 g/mol. The van der Waals surface area contributed by atoms with E-state index in [1.165, 1.54) is 7.11 Å². The first-order chi connectivity index (χ1) is 5.25. The molecule has 0 spiro atoms. The number of ether oxygens (including phenoxy) is 1. The number of rotatable bonds is 2. The summed E-state index contributed by atoms with van der Waals surface area (Å²) in [6.45, 7) is 1.84. The summed E-state index contributed by atoms with van der Waals surface area (Å²) in [4.78, 5) is 11.0. The highest BCUT2D eigenvalue weighted by atomic mass is 32.1. The summed E-state index contributed by atoms with van der Waals surface area (Å²) in [6, 6.07) is 1.94. The Morgan fingerprint density at radius 1 is 1.73 bits per heavy atom. The normalized spacial score (nSPS) is 12.5. The summed E-state index contributed by atoms with van der Waals surface area (Å²) < 4.78 is 4.60. The summed E-state index contributed by atoms with van der Waals surface area (Å²) in [5, 5.41) is 3.91. The maximum absolute atomic E-state index is 11.0. The summed E-state index contributed by atoms with van der Waals surface area (Å²) in [5.74, 6) is -0.311. The van der Waals surface area contributed by atoms with E-state index in [1.807, 2.05) is 23.8 Å². The molecule has 0 aliphatic heterocycles. The van der Waals surface area contributed by atoms with Gasteiger partial charge >= 0.3 is 5.97 Å². The number of thiophene rings is 1. The average molecular weight is 170 g/mol. The highest BCUT2D eigenvalue weighted by molar-refractivity contribution is 7.08. The van der Waals surface area contributed by atoms with Crippen LogP contribution in [0.15, 0.2) is 16.8 Å². The smallest absolute Gasteiger partial charge is 0.312 e. The van der Waals surface area contributed by atoms with Gasteiger partial charge in [-0.25, -0.2) is 0 Å². The van der Waals surface area contributed by atoms with Crippen molar-refractivity contribution in [2.45, 2.75) is 12.8 Å². The van der Waals surface area contributed by atoms with Crippen molar-refractivity contribution in [3.63, 3.8) is 0 Å². The highest BCUT2D eigenvalue weighted by Crippen LogP contribution is 2.18. The van der Waals surface area contributed by atoms with Crippen LogP contribution in [0.3, 0.4) is 0 Å². The van der Waals surface area contributed by atoms with Crippen molar-refractivity contribution in [3.05, 3.63) is 22.4 Å². The summed E-state index contributed by atoms with van der Waals surface area (Å²) in [5.41, 5.74) is 1.03. The lowest BCUT2D eigenvalue weighted by molar-refractivity contribution is -0.141. The first-order valence-corrected chi connectivity index (χ1v) is 4.30. The van der Waals surface area contributed by atoms with Gasteiger partial charge in [0, 0.05) is 0 Å². The molecule has 0 fully saturated rings. The Morgan fingerprint density at radius 2 is 2.45 bits per heavy atom. The minimum atomic E-state index is -0.177. The van der Waals surface area contributed by atoms with E-state index in [0.29, 0.717) is 0 Å². The van der Waals surface area contributed by atoms with Gasteiger partial charge in [-0.15, -0.1) is 0 Å². The van der Waals surface area contributed by atoms with Crippen molar-refractivity contribution in [1.82, 2.24) is 0 Å². The van der Waals surface area contributed by atoms with E-state index in [9.17, 15) is 4.79 Å². The van der Waals surface area contributed by atoms with Crippen LogP contribution in [0.1, 0.15) is 18.4 Å². The molecule has 0 radical (unpaired) electrons. The van der Waals surface area contributed by atoms with Crippen LogP contribution in [0, 0.1) is 0 Å². The SMILES string of the molecule is COC(=O)C(C)c1ccsc1. The van der Waals surface area contributed by atoms with Gasteiger partial charge < -0.3 is 4.74 Å². The second kappa shape index (κ2) is 3.53. The van der Waals surface area contributed by atoms with Gasteiger partial charge in [-0.05, 0) is 29.3 Å². The minimum Gasteiger partial charge on any atom is -0.469 e. The van der Waals surface area contributed by atoms with Crippen LogP contribution in [0.2, 0.25) is 0 Å². The summed E-state index contributed by atoms with van der Waals surface area (Å²) >= 11 is 1.59. The van der Waals surface area contributed by atoms with Gasteiger partial charge in [0.2, 0.25) is 0 Å². The van der Waals surface area contributed by atoms with Crippen LogP contribution >= 0.6 is 11.3 Å². The van der Waals surface area contributed by atoms with Crippen LogP contribution in [0.5, 0.6) is 0 Å². The topological polar surface area (TPSA) is 26.3 Å². The van der Waals surface area contributed by atoms with Crippen molar-refractivity contribution in [2.75, 3.05) is 7.11 Å². The van der Waals surface area contributed by atoms with Crippen LogP contribution in [-0.2, 0) is 9.53 Å². The van der Waals surface area contributed by atoms with Gasteiger partial charge in [0.05, 0.1) is 13.0 Å². The number of carbonyl (C=O) groups excluding carboxylic acids is 1. The predicted molar refractivity (Wildman–Crippen MR) is 44.8 cm³/mol. The van der Waals surface area contributed by atoms with E-state index in [-0.39, 0.29) is 11.9 Å². The van der Waals surface area contributed by atoms with Crippen molar-refractivity contribution in [3.8, 4) is 0 Å². The fraction of sp³-hybridized carbons (Fsp3) is 0.375. The molecule has 1 heterocycles. The molecule has 0 aliphatic rings. The zero-order valence-corrected chi connectivity index (χ0v) is 7.35. The molecule has 0 bridgehead atoms. The maximum atomic E-state index is 11.0. The first-order valence-electron chi connectivity index (χ1n) is 3.35. The lowest BCUT2D eigenvalue weighted by Crippen LogP contribution is -2.09. The van der Waals surface area contributed by atoms with E-state index in [1.54, 1.807) is 11.3 Å². The molecule has 1 aromatic rings. The number of methoxy groups -OCH3 is 1. The van der Waals surface area contributed by atoms with Gasteiger partial charge in [0.15, 0.2) is 0 Å². The highest BCUT2D eigenvalue weighted by Gasteiger charge is 2.14. The fourth-order valence-corrected chi connectivity index (χ4v) is 1.59. The number of esters is 1. The Labute approximate surface area is 69.8 Å². The molecule has 1 atom stereocenters. The van der Waals surface area contributed by atoms with Crippen molar-refractivity contribution < 1.29 is 9.53 Å². The third-order valence-electron chi connectivity index (χ3n) is 1.60. The zero-order chi connectivity index (χ0) is 8.27. The second-order valence-electron chi connectivity index (χ2n) is 2.30. The van der Waals surface area contributed by atoms with Crippen molar-refractivity contribution in [1.29, 1.82) is 0 Å². The standard InChI is InChI=1S/C8H10O2S/c1-6(8(9)10-2)7-3-4-11-5-7/h3-6H,1-2H3. The first kappa shape index (κ1) is 8.27. The Hall–Kier alpha value is -0.830. The molecule has 1 rings (SSSR count). The zero-order valence-electron chi connectivity index (χ0n) is 6.53. The van der Waals surface area contributed by atoms with Gasteiger partial charge in [-0.3, -0.25) is 4.79 Å². The molecular weight excluding hydrogens is 160 g/mol. The third kappa shape index (κ3) is 1.80. The molecule has 60 valence electrons. The number of carbonyl (C=O) groups is 1. The second-order valence-corrected chi connectivity index (χ2v) is 3.08. The van der Waals surface area contributed by atoms with E-state index in [0.717, 1.165) is 5.56 Å². The summed E-state index contributed by atoms with van der Waals surface area (Å²) in [7, 11) is 1.41. The molecule has 0 aromatic carbocycles. The molecule has 0 N–H and O–H groups in total. The Morgan fingerprint density at radius 3 is 2.91 bits per heavy atom. The van der Waals surface area contributed by atoms with Gasteiger partial charge in [-0.1, -0.05) is 0 Å². The van der Waals surface area contributed by atoms with Crippen molar-refractivity contribution >= 4 is 17.3 Å². The minimum absolute atomic E-state index is 0.133. The van der Waals surface area contributed by atoms with E-state index >= 15 is 0 Å². The molecule has 1 aromatic heterocycles. The lowest BCUT2D eigenvalue weighted by atomic mass is 10.1. The molecule has 0 amide bonds. The Bertz CT molecular complexity index is 228. The predicted octanol–water partition coefficient (Wildman–Crippen LogP) is 2.02. The van der Waals surface area contributed by atoms with E-state index in [4.69, 9.17) is 0 Å². The molecule has 2 nitrogen and oxygen atoms in total. The quantitative estimate of drug-likeness (QED) is 0.635. The molecular formula is C8H10O2S. The Kier molecular flexibility index (Phi) is 2.65. The van der Waals surface area contributed by atoms with Crippen molar-refractivity contribution in [2.24, 2.45) is 0 Å². The number of hydrogen-bond donors (Lipinski definition) is 0. The van der Waals surface area contributed by atoms with Crippen LogP contribution in [-0.4, -0.2) is 13.1 Å². The molecule has 3 heteroatoms. The maximum Gasteiger partial charge on any atom is 0.312 e. The van der Waals surface area contributed by atoms with Crippen LogP contribution < -0.4 is 0 Å². The van der Waals surface area contributed by atoms with E-state index in [2.05, 4.69) is 4.74 Å². The fourth-order valence-electron chi connectivity index (χ4n) is 0.834. The molecule has 0 saturated carbocycles. The lowest BCUT2D eigenvalue weighted by Gasteiger charge is -2.05.